The van der Waals surface area contributed by atoms with Crippen molar-refractivity contribution in [2.75, 3.05) is 11.1 Å². The number of anilines is 2. The Bertz CT molecular complexity index is 937. The Labute approximate surface area is 169 Å². The second-order valence-corrected chi connectivity index (χ2v) is 8.18. The fraction of sp³-hybridized carbons (Fsp3) is 0.167. The van der Waals surface area contributed by atoms with E-state index in [1.165, 1.54) is 29.2 Å². The smallest absolute Gasteiger partial charge is 0.230 e. The maximum absolute atomic E-state index is 13.7. The lowest BCUT2D eigenvalue weighted by Crippen LogP contribution is -2.28. The van der Waals surface area contributed by atoms with Crippen LogP contribution in [0, 0.1) is 5.82 Å². The third-order valence-electron chi connectivity index (χ3n) is 3.60. The Morgan fingerprint density at radius 1 is 1.22 bits per heavy atom. The summed E-state index contributed by atoms with van der Waals surface area (Å²) < 4.78 is 14.3. The van der Waals surface area contributed by atoms with E-state index in [0.717, 1.165) is 5.56 Å². The predicted octanol–water partition coefficient (Wildman–Crippen LogP) is 5.04. The number of aromatic nitrogens is 2. The summed E-state index contributed by atoms with van der Waals surface area (Å²) >= 11 is 8.68. The molecular formula is C18H16ClFN4OS2. The SMILES string of the molecule is C[C@@H](NC(=O)CSc1nnc(Nc2ccccc2F)s1)c1ccccc1Cl. The molecule has 3 aromatic rings. The van der Waals surface area contributed by atoms with E-state index in [1.807, 2.05) is 25.1 Å². The minimum absolute atomic E-state index is 0.133. The lowest BCUT2D eigenvalue weighted by atomic mass is 10.1. The number of rotatable bonds is 7. The topological polar surface area (TPSA) is 66.9 Å². The van der Waals surface area contributed by atoms with Crippen LogP contribution in [0.5, 0.6) is 0 Å². The van der Waals surface area contributed by atoms with Crippen molar-refractivity contribution >= 4 is 51.4 Å². The van der Waals surface area contributed by atoms with Crippen molar-refractivity contribution in [1.29, 1.82) is 0 Å². The van der Waals surface area contributed by atoms with Gasteiger partial charge in [-0.15, -0.1) is 10.2 Å². The molecule has 1 aromatic heterocycles. The number of thioether (sulfide) groups is 1. The average Bonchev–Trinajstić information content (AvgIpc) is 3.10. The lowest BCUT2D eigenvalue weighted by molar-refractivity contribution is -0.119. The van der Waals surface area contributed by atoms with E-state index in [2.05, 4.69) is 20.8 Å². The molecule has 0 radical (unpaired) electrons. The van der Waals surface area contributed by atoms with Crippen molar-refractivity contribution in [3.63, 3.8) is 0 Å². The van der Waals surface area contributed by atoms with Crippen molar-refractivity contribution in [2.45, 2.75) is 17.3 Å². The van der Waals surface area contributed by atoms with Gasteiger partial charge in [0.1, 0.15) is 5.82 Å². The molecule has 27 heavy (non-hydrogen) atoms. The standard InChI is InChI=1S/C18H16ClFN4OS2/c1-11(12-6-2-3-7-13(12)19)21-16(25)10-26-18-24-23-17(27-18)22-15-9-5-4-8-14(15)20/h2-9,11H,10H2,1H3,(H,21,25)(H,22,23)/t11-/m1/s1. The number of benzene rings is 2. The molecule has 0 aliphatic rings. The zero-order chi connectivity index (χ0) is 19.2. The highest BCUT2D eigenvalue weighted by atomic mass is 35.5. The van der Waals surface area contributed by atoms with Crippen LogP contribution in [0.1, 0.15) is 18.5 Å². The number of carbonyl (C=O) groups is 1. The van der Waals surface area contributed by atoms with Gasteiger partial charge in [-0.3, -0.25) is 4.79 Å². The molecule has 0 saturated heterocycles. The van der Waals surface area contributed by atoms with E-state index < -0.39 is 0 Å². The Hall–Kier alpha value is -2.16. The zero-order valence-electron chi connectivity index (χ0n) is 14.3. The first kappa shape index (κ1) is 19.6. The summed E-state index contributed by atoms with van der Waals surface area (Å²) in [5.41, 5.74) is 1.20. The molecule has 1 amide bonds. The Morgan fingerprint density at radius 3 is 2.74 bits per heavy atom. The number of amides is 1. The predicted molar refractivity (Wildman–Crippen MR) is 108 cm³/mol. The molecule has 0 unspecified atom stereocenters. The molecule has 1 heterocycles. The Balaban J connectivity index is 1.52. The van der Waals surface area contributed by atoms with Crippen molar-refractivity contribution in [2.24, 2.45) is 0 Å². The molecule has 3 rings (SSSR count). The summed E-state index contributed by atoms with van der Waals surface area (Å²) in [7, 11) is 0. The van der Waals surface area contributed by atoms with Gasteiger partial charge >= 0.3 is 0 Å². The average molecular weight is 423 g/mol. The summed E-state index contributed by atoms with van der Waals surface area (Å²) in [5, 5.41) is 14.9. The highest BCUT2D eigenvalue weighted by Gasteiger charge is 2.14. The summed E-state index contributed by atoms with van der Waals surface area (Å²) in [5.74, 6) is -0.301. The molecule has 2 aromatic carbocycles. The van der Waals surface area contributed by atoms with Gasteiger partial charge in [0.25, 0.3) is 0 Å². The van der Waals surface area contributed by atoms with Gasteiger partial charge in [0.15, 0.2) is 4.34 Å². The van der Waals surface area contributed by atoms with Crippen LogP contribution in [-0.4, -0.2) is 21.9 Å². The Morgan fingerprint density at radius 2 is 1.96 bits per heavy atom. The van der Waals surface area contributed by atoms with E-state index in [1.54, 1.807) is 24.3 Å². The highest BCUT2D eigenvalue weighted by molar-refractivity contribution is 8.01. The van der Waals surface area contributed by atoms with Crippen molar-refractivity contribution in [3.8, 4) is 0 Å². The number of para-hydroxylation sites is 1. The van der Waals surface area contributed by atoms with Gasteiger partial charge in [-0.05, 0) is 30.7 Å². The van der Waals surface area contributed by atoms with Gasteiger partial charge in [-0.1, -0.05) is 65.0 Å². The molecule has 140 valence electrons. The van der Waals surface area contributed by atoms with Crippen LogP contribution in [0.2, 0.25) is 5.02 Å². The van der Waals surface area contributed by atoms with Gasteiger partial charge in [0, 0.05) is 5.02 Å². The first-order valence-electron chi connectivity index (χ1n) is 8.04. The quantitative estimate of drug-likeness (QED) is 0.522. The van der Waals surface area contributed by atoms with Crippen LogP contribution < -0.4 is 10.6 Å². The third-order valence-corrected chi connectivity index (χ3v) is 5.91. The number of nitrogens with zero attached hydrogens (tertiary/aromatic N) is 2. The molecular weight excluding hydrogens is 407 g/mol. The lowest BCUT2D eigenvalue weighted by Gasteiger charge is -2.15. The molecule has 0 aliphatic carbocycles. The molecule has 9 heteroatoms. The minimum Gasteiger partial charge on any atom is -0.349 e. The minimum atomic E-state index is -0.366. The second-order valence-electron chi connectivity index (χ2n) is 5.58. The van der Waals surface area contributed by atoms with Crippen LogP contribution >= 0.6 is 34.7 Å². The highest BCUT2D eigenvalue weighted by Crippen LogP contribution is 2.28. The number of halogens is 2. The van der Waals surface area contributed by atoms with Crippen LogP contribution in [0.25, 0.3) is 0 Å². The first-order valence-corrected chi connectivity index (χ1v) is 10.2. The molecule has 0 aliphatic heterocycles. The second kappa shape index (κ2) is 9.16. The summed E-state index contributed by atoms with van der Waals surface area (Å²) in [4.78, 5) is 12.2. The van der Waals surface area contributed by atoms with Gasteiger partial charge < -0.3 is 10.6 Å². The molecule has 0 bridgehead atoms. The normalized spacial score (nSPS) is 11.8. The summed E-state index contributed by atoms with van der Waals surface area (Å²) in [6, 6.07) is 13.5. The van der Waals surface area contributed by atoms with Crippen LogP contribution in [0.3, 0.4) is 0 Å². The number of nitrogens with one attached hydrogen (secondary N) is 2. The maximum atomic E-state index is 13.7. The van der Waals surface area contributed by atoms with Crippen molar-refractivity contribution in [3.05, 3.63) is 64.9 Å². The maximum Gasteiger partial charge on any atom is 0.230 e. The molecule has 0 saturated carbocycles. The molecule has 2 N–H and O–H groups in total. The van der Waals surface area contributed by atoms with E-state index >= 15 is 0 Å². The van der Waals surface area contributed by atoms with Crippen LogP contribution in [0.4, 0.5) is 15.2 Å². The number of hydrogen-bond donors (Lipinski definition) is 2. The van der Waals surface area contributed by atoms with Gasteiger partial charge in [-0.2, -0.15) is 0 Å². The van der Waals surface area contributed by atoms with E-state index in [0.29, 0.717) is 20.2 Å². The largest absolute Gasteiger partial charge is 0.349 e. The third kappa shape index (κ3) is 5.41. The van der Waals surface area contributed by atoms with E-state index in [-0.39, 0.29) is 23.5 Å². The summed E-state index contributed by atoms with van der Waals surface area (Å²) in [6.07, 6.45) is 0. The monoisotopic (exact) mass is 422 g/mol. The van der Waals surface area contributed by atoms with Crippen LogP contribution in [0.15, 0.2) is 52.9 Å². The van der Waals surface area contributed by atoms with Crippen molar-refractivity contribution in [1.82, 2.24) is 15.5 Å². The fourth-order valence-electron chi connectivity index (χ4n) is 2.31. The molecule has 0 spiro atoms. The summed E-state index contributed by atoms with van der Waals surface area (Å²) in [6.45, 7) is 1.88. The first-order chi connectivity index (χ1) is 13.0. The molecule has 0 fully saturated rings. The molecule has 1 atom stereocenters. The van der Waals surface area contributed by atoms with Gasteiger partial charge in [0.05, 0.1) is 17.5 Å². The van der Waals surface area contributed by atoms with E-state index in [4.69, 9.17) is 11.6 Å². The fourth-order valence-corrected chi connectivity index (χ4v) is 4.19. The van der Waals surface area contributed by atoms with Gasteiger partial charge in [0.2, 0.25) is 11.0 Å². The number of carbonyl (C=O) groups excluding carboxylic acids is 1. The molecule has 5 nitrogen and oxygen atoms in total. The number of hydrogen-bond acceptors (Lipinski definition) is 6. The Kier molecular flexibility index (Phi) is 6.65. The zero-order valence-corrected chi connectivity index (χ0v) is 16.7. The van der Waals surface area contributed by atoms with Gasteiger partial charge in [-0.25, -0.2) is 4.39 Å². The van der Waals surface area contributed by atoms with Crippen molar-refractivity contribution < 1.29 is 9.18 Å². The van der Waals surface area contributed by atoms with E-state index in [9.17, 15) is 9.18 Å². The van der Waals surface area contributed by atoms with Crippen LogP contribution in [-0.2, 0) is 4.79 Å².